The molecule has 2 rings (SSSR count). The molecule has 0 heterocycles. The Morgan fingerprint density at radius 3 is 2.33 bits per heavy atom. The third kappa shape index (κ3) is 2.59. The summed E-state index contributed by atoms with van der Waals surface area (Å²) < 4.78 is 31.8. The minimum atomic E-state index is -0.675. The number of alkyl halides is 1. The van der Waals surface area contributed by atoms with E-state index in [9.17, 15) is 8.78 Å². The van der Waals surface area contributed by atoms with Crippen LogP contribution in [-0.2, 0) is 5.88 Å². The van der Waals surface area contributed by atoms with Gasteiger partial charge in [0.2, 0.25) is 0 Å². The van der Waals surface area contributed by atoms with Crippen LogP contribution in [0.15, 0.2) is 12.1 Å². The van der Waals surface area contributed by atoms with Gasteiger partial charge in [-0.05, 0) is 36.5 Å². The summed E-state index contributed by atoms with van der Waals surface area (Å²) in [4.78, 5) is 0. The molecular formula is C11H11ClF2O. The van der Waals surface area contributed by atoms with E-state index in [1.54, 1.807) is 0 Å². The lowest BCUT2D eigenvalue weighted by Crippen LogP contribution is -2.03. The van der Waals surface area contributed by atoms with E-state index < -0.39 is 11.6 Å². The summed E-state index contributed by atoms with van der Waals surface area (Å²) in [7, 11) is 0. The molecule has 1 fully saturated rings. The Hall–Kier alpha value is -0.830. The zero-order valence-corrected chi connectivity index (χ0v) is 8.86. The predicted octanol–water partition coefficient (Wildman–Crippen LogP) is 3.49. The maximum Gasteiger partial charge on any atom is 0.190 e. The van der Waals surface area contributed by atoms with Crippen molar-refractivity contribution in [2.24, 2.45) is 5.92 Å². The number of benzene rings is 1. The van der Waals surface area contributed by atoms with Gasteiger partial charge in [0.05, 0.1) is 6.61 Å². The van der Waals surface area contributed by atoms with Crippen LogP contribution in [0.3, 0.4) is 0 Å². The van der Waals surface area contributed by atoms with Crippen molar-refractivity contribution in [3.05, 3.63) is 29.3 Å². The Balaban J connectivity index is 2.13. The van der Waals surface area contributed by atoms with Crippen molar-refractivity contribution in [3.63, 3.8) is 0 Å². The lowest BCUT2D eigenvalue weighted by molar-refractivity contribution is 0.270. The smallest absolute Gasteiger partial charge is 0.190 e. The van der Waals surface area contributed by atoms with Crippen LogP contribution in [0, 0.1) is 17.6 Å². The number of rotatable bonds is 4. The highest BCUT2D eigenvalue weighted by atomic mass is 35.5. The lowest BCUT2D eigenvalue weighted by Gasteiger charge is -2.08. The summed E-state index contributed by atoms with van der Waals surface area (Å²) in [6.07, 6.45) is 2.17. The van der Waals surface area contributed by atoms with E-state index in [1.165, 1.54) is 12.1 Å². The molecule has 15 heavy (non-hydrogen) atoms. The lowest BCUT2D eigenvalue weighted by atomic mass is 10.2. The molecule has 0 unspecified atom stereocenters. The molecule has 82 valence electrons. The largest absolute Gasteiger partial charge is 0.487 e. The van der Waals surface area contributed by atoms with Gasteiger partial charge in [0.1, 0.15) is 0 Å². The SMILES string of the molecule is Fc1cc(CCl)cc(F)c1OCC1CC1. The van der Waals surface area contributed by atoms with Crippen LogP contribution >= 0.6 is 11.6 Å². The minimum Gasteiger partial charge on any atom is -0.487 e. The second-order valence-electron chi connectivity index (χ2n) is 3.78. The fraction of sp³-hybridized carbons (Fsp3) is 0.455. The molecule has 0 aromatic heterocycles. The van der Waals surface area contributed by atoms with E-state index >= 15 is 0 Å². The molecule has 0 amide bonds. The van der Waals surface area contributed by atoms with E-state index in [1.807, 2.05) is 0 Å². The van der Waals surface area contributed by atoms with Crippen LogP contribution < -0.4 is 4.74 Å². The molecule has 0 aliphatic heterocycles. The Morgan fingerprint density at radius 1 is 1.27 bits per heavy atom. The molecule has 1 aliphatic rings. The molecule has 0 saturated heterocycles. The zero-order chi connectivity index (χ0) is 10.8. The maximum absolute atomic E-state index is 13.3. The molecule has 0 atom stereocenters. The second-order valence-corrected chi connectivity index (χ2v) is 4.04. The van der Waals surface area contributed by atoms with E-state index in [4.69, 9.17) is 16.3 Å². The molecule has 0 bridgehead atoms. The highest BCUT2D eigenvalue weighted by Crippen LogP contribution is 2.31. The summed E-state index contributed by atoms with van der Waals surface area (Å²) in [6, 6.07) is 2.41. The molecule has 1 aromatic carbocycles. The minimum absolute atomic E-state index is 0.0940. The van der Waals surface area contributed by atoms with Crippen molar-refractivity contribution < 1.29 is 13.5 Å². The van der Waals surface area contributed by atoms with Gasteiger partial charge in [-0.25, -0.2) is 8.78 Å². The van der Waals surface area contributed by atoms with Gasteiger partial charge in [-0.2, -0.15) is 0 Å². The number of ether oxygens (including phenoxy) is 1. The Labute approximate surface area is 92.0 Å². The standard InChI is InChI=1S/C11H11ClF2O/c12-5-8-3-9(13)11(10(14)4-8)15-6-7-1-2-7/h3-4,7H,1-2,5-6H2. The zero-order valence-electron chi connectivity index (χ0n) is 8.10. The number of halogens is 3. The van der Waals surface area contributed by atoms with Crippen LogP contribution in [-0.4, -0.2) is 6.61 Å². The third-order valence-electron chi connectivity index (χ3n) is 2.37. The van der Waals surface area contributed by atoms with Gasteiger partial charge in [-0.1, -0.05) is 0 Å². The Kier molecular flexibility index (Phi) is 3.10. The Morgan fingerprint density at radius 2 is 1.87 bits per heavy atom. The van der Waals surface area contributed by atoms with Crippen molar-refractivity contribution in [2.75, 3.05) is 6.61 Å². The number of hydrogen-bond acceptors (Lipinski definition) is 1. The van der Waals surface area contributed by atoms with Crippen LogP contribution in [0.1, 0.15) is 18.4 Å². The molecule has 0 spiro atoms. The average molecular weight is 233 g/mol. The summed E-state index contributed by atoms with van der Waals surface area (Å²) >= 11 is 5.49. The van der Waals surface area contributed by atoms with E-state index in [0.29, 0.717) is 18.1 Å². The highest BCUT2D eigenvalue weighted by Gasteiger charge is 2.23. The fourth-order valence-corrected chi connectivity index (χ4v) is 1.47. The van der Waals surface area contributed by atoms with Gasteiger partial charge in [0, 0.05) is 5.88 Å². The van der Waals surface area contributed by atoms with Crippen LogP contribution in [0.5, 0.6) is 5.75 Å². The quantitative estimate of drug-likeness (QED) is 0.722. The molecule has 0 radical (unpaired) electrons. The first-order chi connectivity index (χ1) is 7.20. The van der Waals surface area contributed by atoms with Crippen molar-refractivity contribution in [3.8, 4) is 5.75 Å². The first-order valence-corrected chi connectivity index (χ1v) is 5.41. The van der Waals surface area contributed by atoms with E-state index in [2.05, 4.69) is 0 Å². The van der Waals surface area contributed by atoms with Crippen molar-refractivity contribution >= 4 is 11.6 Å². The molecule has 1 aliphatic carbocycles. The topological polar surface area (TPSA) is 9.23 Å². The molecular weight excluding hydrogens is 222 g/mol. The van der Waals surface area contributed by atoms with Gasteiger partial charge in [-0.15, -0.1) is 11.6 Å². The molecule has 4 heteroatoms. The normalized spacial score (nSPS) is 15.4. The van der Waals surface area contributed by atoms with Crippen LogP contribution in [0.25, 0.3) is 0 Å². The third-order valence-corrected chi connectivity index (χ3v) is 2.68. The van der Waals surface area contributed by atoms with Crippen molar-refractivity contribution in [1.29, 1.82) is 0 Å². The maximum atomic E-state index is 13.3. The molecule has 0 N–H and O–H groups in total. The van der Waals surface area contributed by atoms with Crippen LogP contribution in [0.4, 0.5) is 8.78 Å². The fourth-order valence-electron chi connectivity index (χ4n) is 1.31. The summed E-state index contributed by atoms with van der Waals surface area (Å²) in [5.74, 6) is -1.07. The van der Waals surface area contributed by atoms with Gasteiger partial charge < -0.3 is 4.74 Å². The Bertz CT molecular complexity index is 341. The first kappa shape index (κ1) is 10.7. The van der Waals surface area contributed by atoms with Gasteiger partial charge in [0.15, 0.2) is 17.4 Å². The highest BCUT2D eigenvalue weighted by molar-refractivity contribution is 6.17. The first-order valence-electron chi connectivity index (χ1n) is 4.87. The molecule has 1 saturated carbocycles. The second kappa shape index (κ2) is 4.35. The van der Waals surface area contributed by atoms with E-state index in [0.717, 1.165) is 12.8 Å². The molecule has 1 nitrogen and oxygen atoms in total. The summed E-state index contributed by atoms with van der Waals surface area (Å²) in [6.45, 7) is 0.397. The molecule has 1 aromatic rings. The van der Waals surface area contributed by atoms with Gasteiger partial charge in [-0.3, -0.25) is 0 Å². The van der Waals surface area contributed by atoms with E-state index in [-0.39, 0.29) is 11.6 Å². The van der Waals surface area contributed by atoms with Gasteiger partial charge in [0.25, 0.3) is 0 Å². The average Bonchev–Trinajstić information content (AvgIpc) is 3.00. The van der Waals surface area contributed by atoms with Crippen LogP contribution in [0.2, 0.25) is 0 Å². The monoisotopic (exact) mass is 232 g/mol. The van der Waals surface area contributed by atoms with Gasteiger partial charge >= 0.3 is 0 Å². The predicted molar refractivity (Wildman–Crippen MR) is 54.1 cm³/mol. The summed E-state index contributed by atoms with van der Waals surface area (Å²) in [5.41, 5.74) is 0.422. The van der Waals surface area contributed by atoms with Crippen molar-refractivity contribution in [2.45, 2.75) is 18.7 Å². The summed E-state index contributed by atoms with van der Waals surface area (Å²) in [5, 5.41) is 0. The number of hydrogen-bond donors (Lipinski definition) is 0. The van der Waals surface area contributed by atoms with Crippen molar-refractivity contribution in [1.82, 2.24) is 0 Å².